The van der Waals surface area contributed by atoms with E-state index in [0.717, 1.165) is 6.42 Å². The summed E-state index contributed by atoms with van der Waals surface area (Å²) in [5.41, 5.74) is -0.445. The van der Waals surface area contributed by atoms with Crippen LogP contribution in [0.5, 0.6) is 0 Å². The Morgan fingerprint density at radius 1 is 1.47 bits per heavy atom. The van der Waals surface area contributed by atoms with E-state index in [0.29, 0.717) is 5.92 Å². The standard InChI is InChI=1S/C12H23NO2/c1-7-8-10(9(2)3)13-11(14)15-12(4,5)6/h7,9-10H,1,8H2,2-6H3,(H,13,14)/t10-/m0/s1. The van der Waals surface area contributed by atoms with E-state index in [4.69, 9.17) is 4.74 Å². The lowest BCUT2D eigenvalue weighted by molar-refractivity contribution is 0.0491. The molecule has 0 unspecified atom stereocenters. The predicted molar refractivity (Wildman–Crippen MR) is 62.8 cm³/mol. The summed E-state index contributed by atoms with van der Waals surface area (Å²) in [6.45, 7) is 13.3. The van der Waals surface area contributed by atoms with E-state index < -0.39 is 5.60 Å². The van der Waals surface area contributed by atoms with Crippen molar-refractivity contribution in [3.8, 4) is 0 Å². The van der Waals surface area contributed by atoms with Crippen molar-refractivity contribution in [2.24, 2.45) is 5.92 Å². The summed E-state index contributed by atoms with van der Waals surface area (Å²) >= 11 is 0. The van der Waals surface area contributed by atoms with Crippen molar-refractivity contribution in [3.05, 3.63) is 12.7 Å². The second-order valence-electron chi connectivity index (χ2n) is 5.02. The van der Waals surface area contributed by atoms with Crippen LogP contribution in [-0.4, -0.2) is 17.7 Å². The van der Waals surface area contributed by atoms with Crippen molar-refractivity contribution in [2.45, 2.75) is 52.7 Å². The smallest absolute Gasteiger partial charge is 0.407 e. The molecule has 3 nitrogen and oxygen atoms in total. The van der Waals surface area contributed by atoms with Gasteiger partial charge in [0.05, 0.1) is 0 Å². The Balaban J connectivity index is 4.17. The first-order chi connectivity index (χ1) is 6.76. The molecule has 88 valence electrons. The van der Waals surface area contributed by atoms with Crippen LogP contribution < -0.4 is 5.32 Å². The lowest BCUT2D eigenvalue weighted by atomic mass is 10.0. The van der Waals surface area contributed by atoms with Gasteiger partial charge in [0.15, 0.2) is 0 Å². The molecule has 0 saturated carbocycles. The Labute approximate surface area is 92.9 Å². The summed E-state index contributed by atoms with van der Waals surface area (Å²) in [5, 5.41) is 2.84. The summed E-state index contributed by atoms with van der Waals surface area (Å²) in [4.78, 5) is 11.5. The van der Waals surface area contributed by atoms with Gasteiger partial charge in [0.2, 0.25) is 0 Å². The number of hydrogen-bond acceptors (Lipinski definition) is 2. The summed E-state index contributed by atoms with van der Waals surface area (Å²) in [6.07, 6.45) is 2.21. The molecule has 0 bridgehead atoms. The largest absolute Gasteiger partial charge is 0.444 e. The molecule has 0 aliphatic carbocycles. The fraction of sp³-hybridized carbons (Fsp3) is 0.750. The third kappa shape index (κ3) is 7.00. The first kappa shape index (κ1) is 14.0. The number of carbonyl (C=O) groups is 1. The molecule has 0 aliphatic heterocycles. The van der Waals surface area contributed by atoms with Gasteiger partial charge in [-0.15, -0.1) is 6.58 Å². The van der Waals surface area contributed by atoms with Gasteiger partial charge >= 0.3 is 6.09 Å². The molecule has 0 radical (unpaired) electrons. The Morgan fingerprint density at radius 2 is 2.00 bits per heavy atom. The van der Waals surface area contributed by atoms with Crippen LogP contribution in [-0.2, 0) is 4.74 Å². The first-order valence-corrected chi connectivity index (χ1v) is 5.36. The highest BCUT2D eigenvalue weighted by molar-refractivity contribution is 5.68. The van der Waals surface area contributed by atoms with Crippen LogP contribution in [0.25, 0.3) is 0 Å². The lowest BCUT2D eigenvalue weighted by Crippen LogP contribution is -2.41. The number of rotatable bonds is 4. The Morgan fingerprint density at radius 3 is 2.33 bits per heavy atom. The van der Waals surface area contributed by atoms with E-state index in [1.807, 2.05) is 26.8 Å². The van der Waals surface area contributed by atoms with E-state index >= 15 is 0 Å². The molecular weight excluding hydrogens is 190 g/mol. The molecule has 0 aliphatic rings. The molecule has 1 N–H and O–H groups in total. The minimum atomic E-state index is -0.445. The van der Waals surface area contributed by atoms with Gasteiger partial charge in [-0.05, 0) is 33.1 Å². The molecule has 0 spiro atoms. The average Bonchev–Trinajstić information content (AvgIpc) is 1.99. The highest BCUT2D eigenvalue weighted by atomic mass is 16.6. The average molecular weight is 213 g/mol. The molecule has 0 heterocycles. The van der Waals surface area contributed by atoms with Crippen LogP contribution in [0.2, 0.25) is 0 Å². The van der Waals surface area contributed by atoms with Crippen LogP contribution in [0.3, 0.4) is 0 Å². The highest BCUT2D eigenvalue weighted by Gasteiger charge is 2.20. The molecule has 0 aromatic rings. The van der Waals surface area contributed by atoms with Gasteiger partial charge in [-0.3, -0.25) is 0 Å². The Bertz CT molecular complexity index is 216. The third-order valence-corrected chi connectivity index (χ3v) is 1.93. The van der Waals surface area contributed by atoms with E-state index in [1.165, 1.54) is 0 Å². The maximum absolute atomic E-state index is 11.5. The van der Waals surface area contributed by atoms with Crippen LogP contribution >= 0.6 is 0 Å². The maximum atomic E-state index is 11.5. The number of hydrogen-bond donors (Lipinski definition) is 1. The SMILES string of the molecule is C=CC[C@H](NC(=O)OC(C)(C)C)C(C)C. The van der Waals surface area contributed by atoms with Gasteiger partial charge in [0, 0.05) is 6.04 Å². The molecule has 0 aromatic heterocycles. The van der Waals surface area contributed by atoms with Crippen molar-refractivity contribution in [1.82, 2.24) is 5.32 Å². The van der Waals surface area contributed by atoms with Crippen LogP contribution in [0, 0.1) is 5.92 Å². The number of nitrogens with one attached hydrogen (secondary N) is 1. The summed E-state index contributed by atoms with van der Waals surface area (Å²) in [6, 6.07) is 0.0948. The quantitative estimate of drug-likeness (QED) is 0.729. The van der Waals surface area contributed by atoms with Crippen molar-refractivity contribution in [1.29, 1.82) is 0 Å². The van der Waals surface area contributed by atoms with Crippen LogP contribution in [0.4, 0.5) is 4.79 Å². The van der Waals surface area contributed by atoms with Gasteiger partial charge in [-0.25, -0.2) is 4.79 Å². The number of amides is 1. The maximum Gasteiger partial charge on any atom is 0.407 e. The molecule has 1 atom stereocenters. The second-order valence-corrected chi connectivity index (χ2v) is 5.02. The Hall–Kier alpha value is -0.990. The molecule has 0 saturated heterocycles. The van der Waals surface area contributed by atoms with Gasteiger partial charge in [-0.2, -0.15) is 0 Å². The molecular formula is C12H23NO2. The zero-order valence-corrected chi connectivity index (χ0v) is 10.5. The fourth-order valence-corrected chi connectivity index (χ4v) is 1.14. The topological polar surface area (TPSA) is 38.3 Å². The molecule has 1 amide bonds. The van der Waals surface area contributed by atoms with E-state index in [1.54, 1.807) is 0 Å². The summed E-state index contributed by atoms with van der Waals surface area (Å²) < 4.78 is 5.18. The Kier molecular flexibility index (Phi) is 5.40. The van der Waals surface area contributed by atoms with Crippen LogP contribution in [0.1, 0.15) is 41.0 Å². The minimum Gasteiger partial charge on any atom is -0.444 e. The normalized spacial score (nSPS) is 13.5. The van der Waals surface area contributed by atoms with E-state index in [2.05, 4.69) is 25.7 Å². The van der Waals surface area contributed by atoms with Gasteiger partial charge < -0.3 is 10.1 Å². The van der Waals surface area contributed by atoms with Gasteiger partial charge in [0.1, 0.15) is 5.60 Å². The van der Waals surface area contributed by atoms with Gasteiger partial charge in [-0.1, -0.05) is 19.9 Å². The van der Waals surface area contributed by atoms with Crippen molar-refractivity contribution >= 4 is 6.09 Å². The van der Waals surface area contributed by atoms with Crippen molar-refractivity contribution < 1.29 is 9.53 Å². The van der Waals surface area contributed by atoms with E-state index in [-0.39, 0.29) is 12.1 Å². The summed E-state index contributed by atoms with van der Waals surface area (Å²) in [5.74, 6) is 0.371. The fourth-order valence-electron chi connectivity index (χ4n) is 1.14. The third-order valence-electron chi connectivity index (χ3n) is 1.93. The highest BCUT2D eigenvalue weighted by Crippen LogP contribution is 2.10. The molecule has 15 heavy (non-hydrogen) atoms. The van der Waals surface area contributed by atoms with Crippen molar-refractivity contribution in [2.75, 3.05) is 0 Å². The number of ether oxygens (including phenoxy) is 1. The molecule has 3 heteroatoms. The predicted octanol–water partition coefficient (Wildman–Crippen LogP) is 3.11. The second kappa shape index (κ2) is 5.79. The number of carbonyl (C=O) groups excluding carboxylic acids is 1. The number of alkyl carbamates (subject to hydrolysis) is 1. The van der Waals surface area contributed by atoms with Crippen molar-refractivity contribution in [3.63, 3.8) is 0 Å². The zero-order chi connectivity index (χ0) is 12.1. The van der Waals surface area contributed by atoms with Gasteiger partial charge in [0.25, 0.3) is 0 Å². The van der Waals surface area contributed by atoms with E-state index in [9.17, 15) is 4.79 Å². The monoisotopic (exact) mass is 213 g/mol. The molecule has 0 aromatic carbocycles. The molecule has 0 fully saturated rings. The first-order valence-electron chi connectivity index (χ1n) is 5.36. The molecule has 0 rings (SSSR count). The summed E-state index contributed by atoms with van der Waals surface area (Å²) in [7, 11) is 0. The van der Waals surface area contributed by atoms with Crippen LogP contribution in [0.15, 0.2) is 12.7 Å². The minimum absolute atomic E-state index is 0.0948. The lowest BCUT2D eigenvalue weighted by Gasteiger charge is -2.25. The zero-order valence-electron chi connectivity index (χ0n) is 10.5.